The molecule has 4 rings (SSSR count). The average Bonchev–Trinajstić information content (AvgIpc) is 2.84. The van der Waals surface area contributed by atoms with Gasteiger partial charge in [-0.15, -0.1) is 0 Å². The SMILES string of the molecule is O=C1CCCc2c1c1cc(F)ccc1n2Cc1ccc(F)cc1. The van der Waals surface area contributed by atoms with Crippen molar-refractivity contribution < 1.29 is 13.6 Å². The molecule has 0 radical (unpaired) electrons. The van der Waals surface area contributed by atoms with Crippen molar-refractivity contribution in [1.29, 1.82) is 0 Å². The summed E-state index contributed by atoms with van der Waals surface area (Å²) in [5, 5.41) is 0.687. The number of fused-ring (bicyclic) bond motifs is 3. The first-order valence-electron chi connectivity index (χ1n) is 7.72. The quantitative estimate of drug-likeness (QED) is 0.683. The number of hydrogen-bond acceptors (Lipinski definition) is 1. The molecule has 1 aromatic heterocycles. The first-order valence-corrected chi connectivity index (χ1v) is 7.72. The molecule has 0 bridgehead atoms. The third kappa shape index (κ3) is 2.34. The van der Waals surface area contributed by atoms with Crippen LogP contribution >= 0.6 is 0 Å². The summed E-state index contributed by atoms with van der Waals surface area (Å²) in [5.74, 6) is -0.525. The lowest BCUT2D eigenvalue weighted by Crippen LogP contribution is -2.13. The molecule has 0 amide bonds. The van der Waals surface area contributed by atoms with Gasteiger partial charge in [0.2, 0.25) is 0 Å². The lowest BCUT2D eigenvalue weighted by molar-refractivity contribution is 0.0973. The van der Waals surface area contributed by atoms with Gasteiger partial charge in [-0.3, -0.25) is 4.79 Å². The molecular formula is C19H15F2NO. The van der Waals surface area contributed by atoms with Crippen LogP contribution in [0.25, 0.3) is 10.9 Å². The first kappa shape index (κ1) is 14.1. The molecule has 0 aliphatic heterocycles. The number of rotatable bonds is 2. The van der Waals surface area contributed by atoms with Gasteiger partial charge in [0.25, 0.3) is 0 Å². The standard InChI is InChI=1S/C19H15F2NO/c20-13-6-4-12(5-7-13)11-22-16-9-8-14(21)10-15(16)19-17(22)2-1-3-18(19)23/h4-10H,1-3,11H2. The Morgan fingerprint density at radius 1 is 0.957 bits per heavy atom. The van der Waals surface area contributed by atoms with E-state index in [-0.39, 0.29) is 17.4 Å². The summed E-state index contributed by atoms with van der Waals surface area (Å²) in [5.41, 5.74) is 3.43. The molecule has 0 spiro atoms. The Hall–Kier alpha value is -2.49. The van der Waals surface area contributed by atoms with Crippen molar-refractivity contribution in [2.75, 3.05) is 0 Å². The molecule has 0 saturated heterocycles. The smallest absolute Gasteiger partial charge is 0.165 e. The van der Waals surface area contributed by atoms with E-state index in [0.29, 0.717) is 23.9 Å². The number of carbonyl (C=O) groups is 1. The van der Waals surface area contributed by atoms with Crippen molar-refractivity contribution in [2.24, 2.45) is 0 Å². The topological polar surface area (TPSA) is 22.0 Å². The third-order valence-corrected chi connectivity index (χ3v) is 4.48. The zero-order valence-corrected chi connectivity index (χ0v) is 12.5. The monoisotopic (exact) mass is 311 g/mol. The largest absolute Gasteiger partial charge is 0.339 e. The van der Waals surface area contributed by atoms with Gasteiger partial charge < -0.3 is 4.57 Å². The molecule has 0 unspecified atom stereocenters. The number of Topliss-reactive ketones (excluding diaryl/α,β-unsaturated/α-hetero) is 1. The van der Waals surface area contributed by atoms with Gasteiger partial charge >= 0.3 is 0 Å². The van der Waals surface area contributed by atoms with Gasteiger partial charge in [0.15, 0.2) is 5.78 Å². The number of hydrogen-bond donors (Lipinski definition) is 0. The van der Waals surface area contributed by atoms with Crippen LogP contribution in [0.4, 0.5) is 8.78 Å². The molecule has 23 heavy (non-hydrogen) atoms. The van der Waals surface area contributed by atoms with Gasteiger partial charge in [-0.05, 0) is 48.7 Å². The minimum absolute atomic E-state index is 0.0831. The molecule has 1 aliphatic rings. The summed E-state index contributed by atoms with van der Waals surface area (Å²) in [4.78, 5) is 12.3. The second-order valence-electron chi connectivity index (χ2n) is 5.97. The molecule has 1 aliphatic carbocycles. The highest BCUT2D eigenvalue weighted by Gasteiger charge is 2.25. The van der Waals surface area contributed by atoms with Crippen molar-refractivity contribution >= 4 is 16.7 Å². The van der Waals surface area contributed by atoms with Gasteiger partial charge in [0.1, 0.15) is 11.6 Å². The molecule has 2 nitrogen and oxygen atoms in total. The van der Waals surface area contributed by atoms with E-state index >= 15 is 0 Å². The van der Waals surface area contributed by atoms with Gasteiger partial charge in [-0.2, -0.15) is 0 Å². The fourth-order valence-electron chi connectivity index (χ4n) is 3.45. The average molecular weight is 311 g/mol. The Bertz CT molecular complexity index is 909. The molecule has 0 fully saturated rings. The van der Waals surface area contributed by atoms with Crippen LogP contribution in [-0.2, 0) is 13.0 Å². The summed E-state index contributed by atoms with van der Waals surface area (Å²) in [7, 11) is 0. The van der Waals surface area contributed by atoms with E-state index in [1.165, 1.54) is 24.3 Å². The van der Waals surface area contributed by atoms with E-state index in [2.05, 4.69) is 4.57 Å². The van der Waals surface area contributed by atoms with Crippen LogP contribution in [0.3, 0.4) is 0 Å². The van der Waals surface area contributed by atoms with Gasteiger partial charge in [0, 0.05) is 35.1 Å². The van der Waals surface area contributed by atoms with Crippen molar-refractivity contribution in [3.8, 4) is 0 Å². The van der Waals surface area contributed by atoms with Crippen molar-refractivity contribution in [3.63, 3.8) is 0 Å². The highest BCUT2D eigenvalue weighted by atomic mass is 19.1. The number of nitrogens with zero attached hydrogens (tertiary/aromatic N) is 1. The van der Waals surface area contributed by atoms with Gasteiger partial charge in [0.05, 0.1) is 0 Å². The lowest BCUT2D eigenvalue weighted by atomic mass is 9.94. The summed E-state index contributed by atoms with van der Waals surface area (Å²) in [6.45, 7) is 0.547. The van der Waals surface area contributed by atoms with Crippen LogP contribution in [0.1, 0.15) is 34.5 Å². The Morgan fingerprint density at radius 2 is 1.70 bits per heavy atom. The van der Waals surface area contributed by atoms with Crippen molar-refractivity contribution in [1.82, 2.24) is 4.57 Å². The van der Waals surface area contributed by atoms with Crippen LogP contribution in [0, 0.1) is 11.6 Å². The zero-order chi connectivity index (χ0) is 16.0. The molecular weight excluding hydrogens is 296 g/mol. The van der Waals surface area contributed by atoms with E-state index in [4.69, 9.17) is 0 Å². The van der Waals surface area contributed by atoms with Crippen LogP contribution in [0.15, 0.2) is 42.5 Å². The molecule has 116 valence electrons. The second kappa shape index (κ2) is 5.30. The van der Waals surface area contributed by atoms with E-state index in [9.17, 15) is 13.6 Å². The predicted molar refractivity (Wildman–Crippen MR) is 84.7 cm³/mol. The molecule has 1 heterocycles. The van der Waals surface area contributed by atoms with Gasteiger partial charge in [-0.25, -0.2) is 8.78 Å². The Morgan fingerprint density at radius 3 is 2.48 bits per heavy atom. The Kier molecular flexibility index (Phi) is 3.26. The zero-order valence-electron chi connectivity index (χ0n) is 12.5. The van der Waals surface area contributed by atoms with Crippen LogP contribution in [0.2, 0.25) is 0 Å². The van der Waals surface area contributed by atoms with Crippen molar-refractivity contribution in [3.05, 3.63) is 70.9 Å². The minimum atomic E-state index is -0.336. The number of carbonyl (C=O) groups excluding carboxylic acids is 1. The summed E-state index contributed by atoms with van der Waals surface area (Å²) in [6.07, 6.45) is 2.13. The maximum atomic E-state index is 13.7. The third-order valence-electron chi connectivity index (χ3n) is 4.48. The maximum Gasteiger partial charge on any atom is 0.165 e. The number of aromatic nitrogens is 1. The van der Waals surface area contributed by atoms with Crippen LogP contribution in [0.5, 0.6) is 0 Å². The highest BCUT2D eigenvalue weighted by Crippen LogP contribution is 2.33. The molecule has 0 atom stereocenters. The maximum absolute atomic E-state index is 13.7. The Labute approximate surface area is 132 Å². The summed E-state index contributed by atoms with van der Waals surface area (Å²) >= 11 is 0. The minimum Gasteiger partial charge on any atom is -0.339 e. The molecule has 2 aromatic carbocycles. The molecule has 4 heteroatoms. The van der Waals surface area contributed by atoms with E-state index in [1.54, 1.807) is 18.2 Å². The number of ketones is 1. The molecule has 0 saturated carbocycles. The van der Waals surface area contributed by atoms with Crippen molar-refractivity contribution in [2.45, 2.75) is 25.8 Å². The van der Waals surface area contributed by atoms with Gasteiger partial charge in [-0.1, -0.05) is 12.1 Å². The number of benzene rings is 2. The lowest BCUT2D eigenvalue weighted by Gasteiger charge is -2.15. The van der Waals surface area contributed by atoms with E-state index in [1.807, 2.05) is 0 Å². The summed E-state index contributed by atoms with van der Waals surface area (Å²) in [6, 6.07) is 10.9. The normalized spacial score (nSPS) is 14.3. The highest BCUT2D eigenvalue weighted by molar-refractivity contribution is 6.10. The first-order chi connectivity index (χ1) is 11.1. The Balaban J connectivity index is 1.91. The predicted octanol–water partition coefficient (Wildman–Crippen LogP) is 4.49. The second-order valence-corrected chi connectivity index (χ2v) is 5.97. The molecule has 3 aromatic rings. The summed E-state index contributed by atoms with van der Waals surface area (Å²) < 4.78 is 28.8. The fourth-order valence-corrected chi connectivity index (χ4v) is 3.45. The van der Waals surface area contributed by atoms with E-state index < -0.39 is 0 Å². The molecule has 0 N–H and O–H groups in total. The number of halogens is 2. The van der Waals surface area contributed by atoms with Crippen LogP contribution in [-0.4, -0.2) is 10.4 Å². The van der Waals surface area contributed by atoms with E-state index in [0.717, 1.165) is 29.6 Å². The fraction of sp³-hybridized carbons (Fsp3) is 0.211. The van der Waals surface area contributed by atoms with Crippen LogP contribution < -0.4 is 0 Å².